The number of hydrogen-bond acceptors (Lipinski definition) is 3. The van der Waals surface area contributed by atoms with Crippen LogP contribution in [0.1, 0.15) is 31.4 Å². The van der Waals surface area contributed by atoms with Gasteiger partial charge in [0.1, 0.15) is 11.6 Å². The van der Waals surface area contributed by atoms with Gasteiger partial charge in [-0.05, 0) is 19.4 Å². The minimum Gasteiger partial charge on any atom is -0.390 e. The fourth-order valence-corrected chi connectivity index (χ4v) is 2.49. The van der Waals surface area contributed by atoms with Crippen molar-refractivity contribution in [2.24, 2.45) is 0 Å². The van der Waals surface area contributed by atoms with Crippen molar-refractivity contribution in [1.82, 2.24) is 10.2 Å². The van der Waals surface area contributed by atoms with E-state index in [1.165, 1.54) is 12.1 Å². The smallest absolute Gasteiger partial charge is 0.222 e. The summed E-state index contributed by atoms with van der Waals surface area (Å²) in [6, 6.07) is 3.08. The first kappa shape index (κ1) is 15.9. The number of carbonyl (C=O) groups excluding carboxylic acids is 1. The molecule has 1 heterocycles. The summed E-state index contributed by atoms with van der Waals surface area (Å²) in [4.78, 5) is 13.1. The van der Waals surface area contributed by atoms with Gasteiger partial charge in [0.2, 0.25) is 5.91 Å². The lowest BCUT2D eigenvalue weighted by Gasteiger charge is -2.22. The Balaban J connectivity index is 1.82. The lowest BCUT2D eigenvalue weighted by Crippen LogP contribution is -2.39. The molecule has 1 fully saturated rings. The number of aliphatic hydroxyl groups excluding tert-OH is 1. The van der Waals surface area contributed by atoms with E-state index in [4.69, 9.17) is 0 Å². The van der Waals surface area contributed by atoms with E-state index in [-0.39, 0.29) is 25.0 Å². The molecule has 0 aromatic heterocycles. The average Bonchev–Trinajstić information content (AvgIpc) is 2.81. The van der Waals surface area contributed by atoms with Crippen LogP contribution >= 0.6 is 0 Å². The fourth-order valence-electron chi connectivity index (χ4n) is 2.49. The summed E-state index contributed by atoms with van der Waals surface area (Å²) in [5.41, 5.74) is 0.348. The minimum absolute atomic E-state index is 0.0617. The van der Waals surface area contributed by atoms with E-state index in [0.29, 0.717) is 18.5 Å². The van der Waals surface area contributed by atoms with Crippen molar-refractivity contribution in [2.75, 3.05) is 19.6 Å². The third-order valence-corrected chi connectivity index (χ3v) is 3.69. The van der Waals surface area contributed by atoms with Gasteiger partial charge in [0.25, 0.3) is 0 Å². The van der Waals surface area contributed by atoms with Crippen molar-refractivity contribution in [2.45, 2.75) is 31.9 Å². The molecule has 1 aliphatic heterocycles. The highest BCUT2D eigenvalue weighted by Gasteiger charge is 2.22. The predicted octanol–water partition coefficient (Wildman–Crippen LogP) is 1.60. The number of nitrogens with zero attached hydrogens (tertiary/aromatic N) is 1. The van der Waals surface area contributed by atoms with Gasteiger partial charge in [-0.25, -0.2) is 8.78 Å². The molecule has 0 radical (unpaired) electrons. The van der Waals surface area contributed by atoms with E-state index in [2.05, 4.69) is 5.32 Å². The topological polar surface area (TPSA) is 52.6 Å². The summed E-state index contributed by atoms with van der Waals surface area (Å²) in [7, 11) is 0. The second-order valence-corrected chi connectivity index (χ2v) is 5.39. The predicted molar refractivity (Wildman–Crippen MR) is 74.6 cm³/mol. The Morgan fingerprint density at radius 1 is 1.43 bits per heavy atom. The molecule has 1 aliphatic rings. The maximum atomic E-state index is 13.6. The van der Waals surface area contributed by atoms with Crippen molar-refractivity contribution < 1.29 is 18.7 Å². The molecule has 2 rings (SSSR count). The van der Waals surface area contributed by atoms with Gasteiger partial charge in [0, 0.05) is 43.7 Å². The van der Waals surface area contributed by atoms with Crippen molar-refractivity contribution in [3.63, 3.8) is 0 Å². The Kier molecular flexibility index (Phi) is 5.25. The molecule has 2 atom stereocenters. The maximum absolute atomic E-state index is 13.6. The van der Waals surface area contributed by atoms with Crippen molar-refractivity contribution >= 4 is 5.91 Å². The first-order valence-corrected chi connectivity index (χ1v) is 7.11. The third kappa shape index (κ3) is 4.22. The fraction of sp³-hybridized carbons (Fsp3) is 0.533. The third-order valence-electron chi connectivity index (χ3n) is 3.69. The van der Waals surface area contributed by atoms with Gasteiger partial charge in [-0.2, -0.15) is 0 Å². The Hall–Kier alpha value is -1.53. The zero-order valence-electron chi connectivity index (χ0n) is 12.0. The monoisotopic (exact) mass is 298 g/mol. The molecule has 0 bridgehead atoms. The van der Waals surface area contributed by atoms with Gasteiger partial charge in [0.05, 0.1) is 6.10 Å². The first-order chi connectivity index (χ1) is 9.97. The zero-order valence-corrected chi connectivity index (χ0v) is 12.0. The largest absolute Gasteiger partial charge is 0.390 e. The van der Waals surface area contributed by atoms with Crippen LogP contribution in [-0.2, 0) is 4.79 Å². The summed E-state index contributed by atoms with van der Waals surface area (Å²) < 4.78 is 26.5. The van der Waals surface area contributed by atoms with E-state index >= 15 is 0 Å². The number of rotatable bonds is 6. The average molecular weight is 298 g/mol. The van der Waals surface area contributed by atoms with Gasteiger partial charge in [-0.3, -0.25) is 4.79 Å². The van der Waals surface area contributed by atoms with Crippen molar-refractivity contribution in [3.05, 3.63) is 35.4 Å². The number of carbonyl (C=O) groups is 1. The van der Waals surface area contributed by atoms with Crippen LogP contribution in [0.15, 0.2) is 18.2 Å². The van der Waals surface area contributed by atoms with Crippen LogP contribution in [0.3, 0.4) is 0 Å². The number of amides is 1. The van der Waals surface area contributed by atoms with Gasteiger partial charge in [0.15, 0.2) is 0 Å². The summed E-state index contributed by atoms with van der Waals surface area (Å²) in [5.74, 6) is -1.16. The Bertz CT molecular complexity index is 510. The molecule has 0 aliphatic carbocycles. The van der Waals surface area contributed by atoms with E-state index in [1.807, 2.05) is 0 Å². The summed E-state index contributed by atoms with van der Waals surface area (Å²) in [6.07, 6.45) is 0.658. The molecule has 0 unspecified atom stereocenters. The molecule has 116 valence electrons. The molecular formula is C15H20F2N2O2. The first-order valence-electron chi connectivity index (χ1n) is 7.11. The molecule has 1 aromatic carbocycles. The van der Waals surface area contributed by atoms with Crippen LogP contribution < -0.4 is 5.32 Å². The van der Waals surface area contributed by atoms with E-state index in [9.17, 15) is 18.7 Å². The lowest BCUT2D eigenvalue weighted by molar-refractivity contribution is -0.128. The number of hydrogen-bond donors (Lipinski definition) is 2. The lowest BCUT2D eigenvalue weighted by atomic mass is 10.1. The number of nitrogens with one attached hydrogen (secondary N) is 1. The van der Waals surface area contributed by atoms with Crippen LogP contribution in [0.2, 0.25) is 0 Å². The highest BCUT2D eigenvalue weighted by atomic mass is 19.1. The van der Waals surface area contributed by atoms with Crippen LogP contribution in [0.25, 0.3) is 0 Å². The van der Waals surface area contributed by atoms with Crippen LogP contribution in [0.5, 0.6) is 0 Å². The molecule has 0 saturated carbocycles. The van der Waals surface area contributed by atoms with E-state index in [0.717, 1.165) is 12.5 Å². The Labute approximate surface area is 122 Å². The van der Waals surface area contributed by atoms with Gasteiger partial charge in [-0.15, -0.1) is 0 Å². The molecule has 1 amide bonds. The standard InChI is InChI=1S/C15H20F2N2O2/c1-10(13-5-4-11(16)7-14(13)17)18-8-12(20)9-19-6-2-3-15(19)21/h4-5,7,10,12,18,20H,2-3,6,8-9H2,1H3/t10-,12+/m1/s1. The highest BCUT2D eigenvalue weighted by Crippen LogP contribution is 2.17. The minimum atomic E-state index is -0.710. The van der Waals surface area contributed by atoms with E-state index < -0.39 is 17.7 Å². The quantitative estimate of drug-likeness (QED) is 0.839. The van der Waals surface area contributed by atoms with Gasteiger partial charge in [-0.1, -0.05) is 6.07 Å². The van der Waals surface area contributed by atoms with Crippen molar-refractivity contribution in [3.8, 4) is 0 Å². The zero-order chi connectivity index (χ0) is 15.4. The molecule has 0 spiro atoms. The molecular weight excluding hydrogens is 278 g/mol. The van der Waals surface area contributed by atoms with Crippen molar-refractivity contribution in [1.29, 1.82) is 0 Å². The summed E-state index contributed by atoms with van der Waals surface area (Å²) in [5, 5.41) is 12.9. The second-order valence-electron chi connectivity index (χ2n) is 5.39. The summed E-state index contributed by atoms with van der Waals surface area (Å²) >= 11 is 0. The number of β-amino-alcohol motifs (C(OH)–C–C–N with tert-alkyl or cyclic N) is 1. The number of benzene rings is 1. The number of aliphatic hydroxyl groups is 1. The molecule has 4 nitrogen and oxygen atoms in total. The highest BCUT2D eigenvalue weighted by molar-refractivity contribution is 5.78. The molecule has 2 N–H and O–H groups in total. The van der Waals surface area contributed by atoms with Crippen LogP contribution in [-0.4, -0.2) is 41.7 Å². The molecule has 21 heavy (non-hydrogen) atoms. The summed E-state index contributed by atoms with van der Waals surface area (Å²) in [6.45, 7) is 2.94. The normalized spacial score (nSPS) is 18.1. The Morgan fingerprint density at radius 3 is 2.81 bits per heavy atom. The SMILES string of the molecule is C[C@@H](NC[C@H](O)CN1CCCC1=O)c1ccc(F)cc1F. The number of likely N-dealkylation sites (tertiary alicyclic amines) is 1. The molecule has 1 saturated heterocycles. The van der Waals surface area contributed by atoms with Gasteiger partial charge >= 0.3 is 0 Å². The van der Waals surface area contributed by atoms with Crippen LogP contribution in [0, 0.1) is 11.6 Å². The second kappa shape index (κ2) is 6.95. The number of halogens is 2. The molecule has 6 heteroatoms. The Morgan fingerprint density at radius 2 is 2.19 bits per heavy atom. The van der Waals surface area contributed by atoms with Crippen LogP contribution in [0.4, 0.5) is 8.78 Å². The molecule has 1 aromatic rings. The van der Waals surface area contributed by atoms with E-state index in [1.54, 1.807) is 11.8 Å². The maximum Gasteiger partial charge on any atom is 0.222 e. The van der Waals surface area contributed by atoms with Gasteiger partial charge < -0.3 is 15.3 Å².